The largest absolute Gasteiger partial charge is 0.495 e. The van der Waals surface area contributed by atoms with Gasteiger partial charge in [0.25, 0.3) is 0 Å². The van der Waals surface area contributed by atoms with Crippen molar-refractivity contribution < 1.29 is 16.4 Å². The average molecular weight is 489 g/mol. The highest BCUT2D eigenvalue weighted by Gasteiger charge is 2.23. The molecule has 0 atom stereocenters. The average Bonchev–Trinajstić information content (AvgIpc) is 3.48. The second-order valence-corrected chi connectivity index (χ2v) is 7.67. The molecule has 1 aliphatic heterocycles. The number of ether oxygens (including phenoxy) is 1. The van der Waals surface area contributed by atoms with E-state index in [0.717, 1.165) is 5.56 Å². The highest BCUT2D eigenvalue weighted by atomic mass is 35.5. The van der Waals surface area contributed by atoms with E-state index in [0.29, 0.717) is 46.0 Å². The molecule has 0 saturated heterocycles. The molecule has 0 unspecified atom stereocenters. The molecule has 0 bridgehead atoms. The number of nitrogens with one attached hydrogen (secondary N) is 3. The Labute approximate surface area is 209 Å². The summed E-state index contributed by atoms with van der Waals surface area (Å²) in [6.45, 7) is -1.43. The Bertz CT molecular complexity index is 1490. The summed E-state index contributed by atoms with van der Waals surface area (Å²) in [6, 6.07) is 12.4. The van der Waals surface area contributed by atoms with Gasteiger partial charge in [-0.2, -0.15) is 0 Å². The lowest BCUT2D eigenvalue weighted by atomic mass is 10.1. The summed E-state index contributed by atoms with van der Waals surface area (Å²) in [7, 11) is -2.70. The smallest absolute Gasteiger partial charge is 0.323 e. The molecule has 3 N–H and O–H groups in total. The van der Waals surface area contributed by atoms with Gasteiger partial charge in [0, 0.05) is 52.8 Å². The van der Waals surface area contributed by atoms with Crippen LogP contribution in [0.15, 0.2) is 60.9 Å². The van der Waals surface area contributed by atoms with Crippen molar-refractivity contribution in [1.82, 2.24) is 9.97 Å². The molecule has 0 radical (unpaired) electrons. The Morgan fingerprint density at radius 2 is 2.15 bits per heavy atom. The standard InChI is InChI=1S/C24H22ClN5O2.ClH/c1-32-22-6-5-16(25)13-20(22)29-24(31)28-19-3-2-4-21-18(19)9-12-30(21)14-15-7-10-26-23-17(15)8-11-27-23;/h2-8,10-11,13H,9,12,14H2,1H3,(H,26,27)(H2,28,29,31);1H/i1D3,14D2;. The van der Waals surface area contributed by atoms with Gasteiger partial charge in [-0.3, -0.25) is 0 Å². The number of urea groups is 1. The molecule has 170 valence electrons. The number of hydrogen-bond acceptors (Lipinski definition) is 4. The summed E-state index contributed by atoms with van der Waals surface area (Å²) in [4.78, 5) is 21.8. The highest BCUT2D eigenvalue weighted by Crippen LogP contribution is 2.35. The van der Waals surface area contributed by atoms with Crippen molar-refractivity contribution in [2.75, 3.05) is 29.1 Å². The summed E-state index contributed by atoms with van der Waals surface area (Å²) < 4.78 is 44.9. The molecule has 0 saturated carbocycles. The number of benzene rings is 2. The molecule has 0 aliphatic carbocycles. The molecule has 2 amide bonds. The van der Waals surface area contributed by atoms with Crippen LogP contribution >= 0.6 is 24.0 Å². The maximum absolute atomic E-state index is 12.9. The molecular weight excluding hydrogens is 461 g/mol. The van der Waals surface area contributed by atoms with Gasteiger partial charge in [-0.15, -0.1) is 12.4 Å². The monoisotopic (exact) mass is 488 g/mol. The van der Waals surface area contributed by atoms with Gasteiger partial charge in [0.1, 0.15) is 11.4 Å². The second kappa shape index (κ2) is 9.60. The van der Waals surface area contributed by atoms with Gasteiger partial charge in [0.15, 0.2) is 0 Å². The zero-order chi connectivity index (χ0) is 26.4. The molecule has 9 heteroatoms. The van der Waals surface area contributed by atoms with Crippen molar-refractivity contribution in [3.63, 3.8) is 0 Å². The number of nitrogens with zero attached hydrogens (tertiary/aromatic N) is 2. The predicted octanol–water partition coefficient (Wildman–Crippen LogP) is 5.85. The van der Waals surface area contributed by atoms with Gasteiger partial charge in [-0.1, -0.05) is 17.7 Å². The number of aromatic amines is 1. The first-order chi connectivity index (χ1) is 17.5. The Morgan fingerprint density at radius 1 is 1.27 bits per heavy atom. The lowest BCUT2D eigenvalue weighted by Gasteiger charge is -2.20. The number of hydrogen-bond donors (Lipinski definition) is 3. The van der Waals surface area contributed by atoms with Crippen LogP contribution in [0.4, 0.5) is 21.9 Å². The zero-order valence-electron chi connectivity index (χ0n) is 22.2. The Hall–Kier alpha value is -3.42. The van der Waals surface area contributed by atoms with E-state index in [-0.39, 0.29) is 23.8 Å². The minimum atomic E-state index is -2.70. The number of methoxy groups -OCH3 is 1. The predicted molar refractivity (Wildman–Crippen MR) is 135 cm³/mol. The summed E-state index contributed by atoms with van der Waals surface area (Å²) in [5, 5.41) is 6.37. The normalized spacial score (nSPS) is 15.3. The Balaban J connectivity index is 0.00000336. The van der Waals surface area contributed by atoms with E-state index < -0.39 is 19.6 Å². The minimum absolute atomic E-state index is 0. The Kier molecular flexibility index (Phi) is 4.98. The minimum Gasteiger partial charge on any atom is -0.495 e. The molecular formula is C24H23Cl2N5O2. The number of carbonyl (C=O) groups is 1. The van der Waals surface area contributed by atoms with E-state index >= 15 is 0 Å². The molecule has 2 aromatic heterocycles. The summed E-state index contributed by atoms with van der Waals surface area (Å²) in [5.74, 6) is -0.0503. The Morgan fingerprint density at radius 3 is 3.03 bits per heavy atom. The zero-order valence-corrected chi connectivity index (χ0v) is 18.8. The van der Waals surface area contributed by atoms with Gasteiger partial charge in [0.2, 0.25) is 0 Å². The van der Waals surface area contributed by atoms with Crippen LogP contribution < -0.4 is 20.3 Å². The van der Waals surface area contributed by atoms with Gasteiger partial charge in [0.05, 0.1) is 19.6 Å². The van der Waals surface area contributed by atoms with E-state index in [2.05, 4.69) is 20.6 Å². The first kappa shape index (κ1) is 17.1. The molecule has 3 heterocycles. The number of anilines is 3. The third-order valence-electron chi connectivity index (χ3n) is 5.29. The molecule has 0 fully saturated rings. The van der Waals surface area contributed by atoms with Crippen LogP contribution in [0.3, 0.4) is 0 Å². The van der Waals surface area contributed by atoms with Crippen LogP contribution in [-0.2, 0) is 12.9 Å². The van der Waals surface area contributed by atoms with Crippen molar-refractivity contribution in [3.8, 4) is 5.75 Å². The topological polar surface area (TPSA) is 82.3 Å². The third-order valence-corrected chi connectivity index (χ3v) is 5.53. The lowest BCUT2D eigenvalue weighted by molar-refractivity contribution is 0.262. The van der Waals surface area contributed by atoms with Crippen molar-refractivity contribution in [2.24, 2.45) is 0 Å². The van der Waals surface area contributed by atoms with Gasteiger partial charge in [-0.25, -0.2) is 9.78 Å². The number of pyridine rings is 1. The second-order valence-electron chi connectivity index (χ2n) is 7.24. The van der Waals surface area contributed by atoms with Crippen molar-refractivity contribution in [2.45, 2.75) is 12.9 Å². The highest BCUT2D eigenvalue weighted by molar-refractivity contribution is 6.31. The lowest BCUT2D eigenvalue weighted by Crippen LogP contribution is -2.21. The number of H-pyrrole nitrogens is 1. The van der Waals surface area contributed by atoms with Crippen LogP contribution in [0.1, 0.15) is 18.0 Å². The number of halogens is 2. The number of fused-ring (bicyclic) bond motifs is 2. The summed E-state index contributed by atoms with van der Waals surface area (Å²) in [6.07, 6.45) is 3.81. The van der Waals surface area contributed by atoms with Crippen molar-refractivity contribution >= 4 is 58.1 Å². The molecule has 7 nitrogen and oxygen atoms in total. The fourth-order valence-electron chi connectivity index (χ4n) is 3.84. The van der Waals surface area contributed by atoms with E-state index in [9.17, 15) is 4.79 Å². The van der Waals surface area contributed by atoms with Crippen LogP contribution in [-0.4, -0.2) is 29.6 Å². The van der Waals surface area contributed by atoms with E-state index in [4.69, 9.17) is 23.2 Å². The molecule has 4 aromatic rings. The maximum atomic E-state index is 12.9. The maximum Gasteiger partial charge on any atom is 0.323 e. The van der Waals surface area contributed by atoms with E-state index in [1.165, 1.54) is 18.2 Å². The number of carbonyl (C=O) groups excluding carboxylic acids is 1. The number of rotatable bonds is 5. The first-order valence-electron chi connectivity index (χ1n) is 12.4. The SMILES string of the molecule is Cl.[2H]C([2H])([2H])Oc1ccc(Cl)cc1NC(=O)Nc1cccc2c1CCN2C([2H])([2H])c1ccnc2[nH]ccc12. The third kappa shape index (κ3) is 4.55. The van der Waals surface area contributed by atoms with Gasteiger partial charge >= 0.3 is 6.03 Å². The van der Waals surface area contributed by atoms with Crippen LogP contribution in [0.2, 0.25) is 5.02 Å². The summed E-state index contributed by atoms with van der Waals surface area (Å²) >= 11 is 6.03. The van der Waals surface area contributed by atoms with Crippen LogP contribution in [0.25, 0.3) is 11.0 Å². The molecule has 33 heavy (non-hydrogen) atoms. The van der Waals surface area contributed by atoms with Crippen LogP contribution in [0.5, 0.6) is 5.75 Å². The van der Waals surface area contributed by atoms with Crippen molar-refractivity contribution in [3.05, 3.63) is 77.1 Å². The number of amides is 2. The molecule has 2 aromatic carbocycles. The van der Waals surface area contributed by atoms with Crippen molar-refractivity contribution in [1.29, 1.82) is 0 Å². The number of aromatic nitrogens is 2. The quantitative estimate of drug-likeness (QED) is 0.328. The first-order valence-corrected chi connectivity index (χ1v) is 10.3. The van der Waals surface area contributed by atoms with Gasteiger partial charge in [-0.05, 0) is 54.4 Å². The fraction of sp³-hybridized carbons (Fsp3) is 0.167. The fourth-order valence-corrected chi connectivity index (χ4v) is 4.01. The van der Waals surface area contributed by atoms with Gasteiger partial charge < -0.3 is 25.3 Å². The molecule has 0 spiro atoms. The summed E-state index contributed by atoms with van der Waals surface area (Å²) in [5.41, 5.74) is 3.15. The molecule has 5 rings (SSSR count). The molecule has 1 aliphatic rings. The van der Waals surface area contributed by atoms with E-state index in [1.807, 2.05) is 6.07 Å². The van der Waals surface area contributed by atoms with E-state index in [1.54, 1.807) is 41.6 Å². The van der Waals surface area contributed by atoms with Crippen LogP contribution in [0, 0.1) is 0 Å².